The number of amides is 2. The Bertz CT molecular complexity index is 1070. The number of alkyl halides is 2. The third kappa shape index (κ3) is 13.2. The normalized spacial score (nSPS) is 12.3. The van der Waals surface area contributed by atoms with E-state index in [-0.39, 0.29) is 18.9 Å². The zero-order valence-electron chi connectivity index (χ0n) is 23.4. The van der Waals surface area contributed by atoms with Gasteiger partial charge in [0.25, 0.3) is 11.8 Å². The molecule has 0 aliphatic carbocycles. The largest absolute Gasteiger partial charge is 0.485 e. The molecule has 0 bridgehead atoms. The van der Waals surface area contributed by atoms with Gasteiger partial charge >= 0.3 is 0 Å². The number of rotatable bonds is 13. The maximum Gasteiger partial charge on any atom is 0.262 e. The zero-order valence-corrected chi connectivity index (χ0v) is 23.4. The second-order valence-corrected chi connectivity index (χ2v) is 9.68. The molecule has 0 saturated carbocycles. The van der Waals surface area contributed by atoms with Crippen LogP contribution in [0.5, 0.6) is 5.75 Å². The van der Waals surface area contributed by atoms with E-state index in [1.165, 1.54) is 13.0 Å². The number of Topliss-reactive ketones (excluding diaryl/α,β-unsaturated/α-hetero) is 1. The third-order valence-electron chi connectivity index (χ3n) is 5.58. The number of ether oxygens (including phenoxy) is 1. The van der Waals surface area contributed by atoms with E-state index in [1.807, 2.05) is 62.4 Å². The van der Waals surface area contributed by atoms with Gasteiger partial charge in [-0.2, -0.15) is 0 Å². The van der Waals surface area contributed by atoms with Crippen LogP contribution in [-0.4, -0.2) is 65.9 Å². The number of ketones is 1. The average molecular weight is 547 g/mol. The van der Waals surface area contributed by atoms with Crippen LogP contribution in [0.25, 0.3) is 0 Å². The maximum absolute atomic E-state index is 13.4. The second kappa shape index (κ2) is 16.4. The molecule has 0 saturated heterocycles. The highest BCUT2D eigenvalue weighted by Gasteiger charge is 2.34. The highest BCUT2D eigenvalue weighted by atomic mass is 19.3. The summed E-state index contributed by atoms with van der Waals surface area (Å²) in [6.45, 7) is 10.1. The number of aliphatic hydroxyl groups excluding tert-OH is 1. The number of aliphatic hydroxyl groups is 1. The van der Waals surface area contributed by atoms with Crippen LogP contribution in [0.4, 0.5) is 8.78 Å². The molecule has 2 aromatic rings. The van der Waals surface area contributed by atoms with Gasteiger partial charge in [0.1, 0.15) is 18.5 Å². The number of halogens is 2. The maximum atomic E-state index is 13.4. The highest BCUT2D eigenvalue weighted by Crippen LogP contribution is 2.22. The lowest BCUT2D eigenvalue weighted by Gasteiger charge is -2.29. The van der Waals surface area contributed by atoms with Crippen molar-refractivity contribution in [3.05, 3.63) is 77.9 Å². The summed E-state index contributed by atoms with van der Waals surface area (Å²) in [5, 5.41) is 12.8. The van der Waals surface area contributed by atoms with Gasteiger partial charge in [0.05, 0.1) is 13.1 Å². The van der Waals surface area contributed by atoms with E-state index in [1.54, 1.807) is 6.92 Å². The van der Waals surface area contributed by atoms with E-state index >= 15 is 0 Å². The molecular formula is C30H40F2N2O5. The Kier molecular flexibility index (Phi) is 14.1. The summed E-state index contributed by atoms with van der Waals surface area (Å²) in [7, 11) is 0. The Balaban J connectivity index is 0.000000487. The quantitative estimate of drug-likeness (QED) is 0.366. The molecule has 2 rings (SSSR count). The Hall–Kier alpha value is -3.59. The van der Waals surface area contributed by atoms with Crippen LogP contribution < -0.4 is 10.1 Å². The summed E-state index contributed by atoms with van der Waals surface area (Å²) >= 11 is 0. The molecule has 2 N–H and O–H groups in total. The topological polar surface area (TPSA) is 95.9 Å². The SMILES string of the molecule is C=CCNC(=O)CN(CC(C)(F)F)C(=O)C(O)C(C)Cc1ccccc1.CC(=O)COc1c(C)cccc1C. The molecule has 39 heavy (non-hydrogen) atoms. The minimum atomic E-state index is -3.18. The summed E-state index contributed by atoms with van der Waals surface area (Å²) in [5.74, 6) is -4.28. The molecule has 2 aromatic carbocycles. The van der Waals surface area contributed by atoms with Crippen LogP contribution in [-0.2, 0) is 20.8 Å². The number of hydrogen-bond acceptors (Lipinski definition) is 5. The molecule has 0 radical (unpaired) electrons. The molecule has 7 nitrogen and oxygen atoms in total. The average Bonchev–Trinajstić information content (AvgIpc) is 2.86. The number of hydrogen-bond donors (Lipinski definition) is 2. The fourth-order valence-electron chi connectivity index (χ4n) is 3.69. The summed E-state index contributed by atoms with van der Waals surface area (Å²) < 4.78 is 32.2. The molecule has 2 unspecified atom stereocenters. The number of para-hydroxylation sites is 1. The standard InChI is InChI=1S/C19H26F2N2O3.C11H14O2/c1-4-10-22-16(24)12-23(13-19(3,20)21)18(26)17(25)14(2)11-15-8-6-5-7-9-15;1-8-5-4-6-9(2)11(8)13-7-10(3)12/h4-9,14,17,25H,1,10-13H2,2-3H3,(H,22,24);4-6H,7H2,1-3H3. The summed E-state index contributed by atoms with van der Waals surface area (Å²) in [6, 6.07) is 15.2. The molecular weight excluding hydrogens is 506 g/mol. The monoisotopic (exact) mass is 546 g/mol. The van der Waals surface area contributed by atoms with Crippen molar-refractivity contribution in [2.45, 2.75) is 53.1 Å². The van der Waals surface area contributed by atoms with E-state index in [2.05, 4.69) is 11.9 Å². The zero-order chi connectivity index (χ0) is 29.6. The van der Waals surface area contributed by atoms with Gasteiger partial charge in [-0.05, 0) is 49.8 Å². The number of carbonyl (C=O) groups excluding carboxylic acids is 3. The Morgan fingerprint density at radius 2 is 1.69 bits per heavy atom. The van der Waals surface area contributed by atoms with Crippen molar-refractivity contribution in [1.82, 2.24) is 10.2 Å². The van der Waals surface area contributed by atoms with Crippen LogP contribution in [0.3, 0.4) is 0 Å². The van der Waals surface area contributed by atoms with Crippen molar-refractivity contribution < 1.29 is 33.0 Å². The van der Waals surface area contributed by atoms with E-state index < -0.39 is 42.8 Å². The number of aryl methyl sites for hydroxylation is 2. The van der Waals surface area contributed by atoms with Crippen molar-refractivity contribution in [3.63, 3.8) is 0 Å². The van der Waals surface area contributed by atoms with Crippen LogP contribution in [0, 0.1) is 19.8 Å². The summed E-state index contributed by atoms with van der Waals surface area (Å²) in [5.41, 5.74) is 3.06. The van der Waals surface area contributed by atoms with Crippen molar-refractivity contribution in [1.29, 1.82) is 0 Å². The molecule has 2 atom stereocenters. The Labute approximate surface area is 229 Å². The predicted molar refractivity (Wildman–Crippen MR) is 148 cm³/mol. The van der Waals surface area contributed by atoms with Gasteiger partial charge in [-0.1, -0.05) is 61.5 Å². The van der Waals surface area contributed by atoms with Crippen molar-refractivity contribution in [2.75, 3.05) is 26.2 Å². The first kappa shape index (κ1) is 33.4. The summed E-state index contributed by atoms with van der Waals surface area (Å²) in [6.07, 6.45) is 0.368. The number of nitrogens with zero attached hydrogens (tertiary/aromatic N) is 1. The van der Waals surface area contributed by atoms with E-state index in [4.69, 9.17) is 4.74 Å². The van der Waals surface area contributed by atoms with Crippen LogP contribution in [0.1, 0.15) is 37.5 Å². The van der Waals surface area contributed by atoms with Gasteiger partial charge in [-0.15, -0.1) is 6.58 Å². The van der Waals surface area contributed by atoms with E-state index in [9.17, 15) is 28.3 Å². The van der Waals surface area contributed by atoms with Crippen molar-refractivity contribution in [2.24, 2.45) is 5.92 Å². The predicted octanol–water partition coefficient (Wildman–Crippen LogP) is 4.28. The Morgan fingerprint density at radius 3 is 2.21 bits per heavy atom. The van der Waals surface area contributed by atoms with Gasteiger partial charge in [-0.3, -0.25) is 14.4 Å². The molecule has 0 aromatic heterocycles. The fourth-order valence-corrected chi connectivity index (χ4v) is 3.69. The lowest BCUT2D eigenvalue weighted by atomic mass is 9.95. The number of carbonyl (C=O) groups is 3. The second-order valence-electron chi connectivity index (χ2n) is 9.68. The number of nitrogens with one attached hydrogen (secondary N) is 1. The molecule has 0 spiro atoms. The molecule has 0 fully saturated rings. The first-order chi connectivity index (χ1) is 18.2. The van der Waals surface area contributed by atoms with Gasteiger partial charge < -0.3 is 20.1 Å². The molecule has 214 valence electrons. The molecule has 0 aliphatic rings. The highest BCUT2D eigenvalue weighted by molar-refractivity contribution is 5.87. The van der Waals surface area contributed by atoms with Gasteiger partial charge in [0, 0.05) is 13.5 Å². The van der Waals surface area contributed by atoms with Crippen LogP contribution >= 0.6 is 0 Å². The van der Waals surface area contributed by atoms with Gasteiger partial charge in [-0.25, -0.2) is 8.78 Å². The van der Waals surface area contributed by atoms with Crippen molar-refractivity contribution >= 4 is 17.6 Å². The first-order valence-corrected chi connectivity index (χ1v) is 12.7. The minimum absolute atomic E-state index is 0.0441. The molecule has 9 heteroatoms. The summed E-state index contributed by atoms with van der Waals surface area (Å²) in [4.78, 5) is 35.7. The first-order valence-electron chi connectivity index (χ1n) is 12.7. The minimum Gasteiger partial charge on any atom is -0.485 e. The lowest BCUT2D eigenvalue weighted by Crippen LogP contribution is -2.50. The van der Waals surface area contributed by atoms with E-state index in [0.29, 0.717) is 18.2 Å². The van der Waals surface area contributed by atoms with Gasteiger partial charge in [0.15, 0.2) is 5.78 Å². The molecule has 0 heterocycles. The molecule has 2 amide bonds. The third-order valence-corrected chi connectivity index (χ3v) is 5.58. The smallest absolute Gasteiger partial charge is 0.262 e. The molecule has 0 aliphatic heterocycles. The van der Waals surface area contributed by atoms with Crippen LogP contribution in [0.15, 0.2) is 61.2 Å². The van der Waals surface area contributed by atoms with E-state index in [0.717, 1.165) is 22.4 Å². The van der Waals surface area contributed by atoms with Gasteiger partial charge in [0.2, 0.25) is 5.91 Å². The van der Waals surface area contributed by atoms with Crippen LogP contribution in [0.2, 0.25) is 0 Å². The van der Waals surface area contributed by atoms with Crippen molar-refractivity contribution in [3.8, 4) is 5.75 Å². The fraction of sp³-hybridized carbons (Fsp3) is 0.433. The number of benzene rings is 2. The Morgan fingerprint density at radius 1 is 1.10 bits per heavy atom. The lowest BCUT2D eigenvalue weighted by molar-refractivity contribution is -0.150.